The zero-order valence-corrected chi connectivity index (χ0v) is 23.0. The molecule has 7 nitrogen and oxygen atoms in total. The van der Waals surface area contributed by atoms with Crippen LogP contribution < -0.4 is 5.30 Å². The number of thiophene rings is 1. The molecule has 1 atom stereocenters. The first-order valence-corrected chi connectivity index (χ1v) is 15.0. The Bertz CT molecular complexity index is 1580. The van der Waals surface area contributed by atoms with E-state index in [-0.39, 0.29) is 5.69 Å². The maximum absolute atomic E-state index is 14.2. The lowest BCUT2D eigenvalue weighted by atomic mass is 10.2. The Hall–Kier alpha value is -3.24. The van der Waals surface area contributed by atoms with Crippen molar-refractivity contribution in [3.05, 3.63) is 88.2 Å². The first-order chi connectivity index (χ1) is 18.8. The van der Waals surface area contributed by atoms with E-state index in [1.54, 1.807) is 10.7 Å². The van der Waals surface area contributed by atoms with Gasteiger partial charge in [-0.1, -0.05) is 36.4 Å². The minimum absolute atomic E-state index is 0.0954. The molecule has 12 heteroatoms. The number of nitrogens with zero attached hydrogens (tertiary/aromatic N) is 6. The number of hydrogen-bond acceptors (Lipinski definition) is 5. The van der Waals surface area contributed by atoms with E-state index in [1.807, 2.05) is 66.5 Å². The molecule has 2 aromatic carbocycles. The minimum Gasteiger partial charge on any atom is -0.379 e. The predicted molar refractivity (Wildman–Crippen MR) is 149 cm³/mol. The van der Waals surface area contributed by atoms with Gasteiger partial charge in [0.05, 0.1) is 46.0 Å². The maximum atomic E-state index is 14.2. The Morgan fingerprint density at radius 2 is 1.69 bits per heavy atom. The number of fused-ring (bicyclic) bond motifs is 1. The lowest BCUT2D eigenvalue weighted by molar-refractivity contribution is -0.137. The highest BCUT2D eigenvalue weighted by Crippen LogP contribution is 2.62. The third-order valence-corrected chi connectivity index (χ3v) is 11.5. The molecule has 2 aliphatic rings. The fraction of sp³-hybridized carbons (Fsp3) is 0.259. The molecule has 2 aliphatic heterocycles. The van der Waals surface area contributed by atoms with Crippen molar-refractivity contribution < 1.29 is 17.9 Å². The number of halogens is 3. The molecule has 0 N–H and O–H groups in total. The fourth-order valence-corrected chi connectivity index (χ4v) is 9.72. The van der Waals surface area contributed by atoms with E-state index < -0.39 is 19.1 Å². The van der Waals surface area contributed by atoms with Gasteiger partial charge in [-0.3, -0.25) is 0 Å². The van der Waals surface area contributed by atoms with E-state index in [9.17, 15) is 13.2 Å². The molecule has 0 saturated carbocycles. The number of rotatable bonds is 4. The number of para-hydroxylation sites is 1. The van der Waals surface area contributed by atoms with Crippen molar-refractivity contribution in [1.82, 2.24) is 19.1 Å². The number of aryl methyl sites for hydroxylation is 1. The summed E-state index contributed by atoms with van der Waals surface area (Å²) in [6.07, 6.45) is -4.56. The monoisotopic (exact) mass is 570 g/mol. The molecule has 39 heavy (non-hydrogen) atoms. The Morgan fingerprint density at radius 3 is 2.38 bits per heavy atom. The summed E-state index contributed by atoms with van der Waals surface area (Å²) in [4.78, 5) is 6.01. The van der Waals surface area contributed by atoms with Crippen LogP contribution in [0.5, 0.6) is 0 Å². The smallest absolute Gasteiger partial charge is 0.379 e. The summed E-state index contributed by atoms with van der Waals surface area (Å²) in [5, 5.41) is 7.61. The van der Waals surface area contributed by atoms with Gasteiger partial charge in [0.25, 0.3) is 0 Å². The van der Waals surface area contributed by atoms with E-state index in [0.29, 0.717) is 43.7 Å². The summed E-state index contributed by atoms with van der Waals surface area (Å²) >= 11 is 1.53. The van der Waals surface area contributed by atoms with E-state index in [0.717, 1.165) is 21.9 Å². The molecule has 0 aliphatic carbocycles. The van der Waals surface area contributed by atoms with Crippen molar-refractivity contribution in [2.75, 3.05) is 33.4 Å². The lowest BCUT2D eigenvalue weighted by Gasteiger charge is -2.46. The normalized spacial score (nSPS) is 20.0. The molecule has 0 amide bonds. The van der Waals surface area contributed by atoms with Gasteiger partial charge in [-0.25, -0.2) is 19.1 Å². The molecule has 202 valence electrons. The van der Waals surface area contributed by atoms with Gasteiger partial charge in [-0.2, -0.15) is 18.3 Å². The molecular formula is C27H26F3N6OPS. The molecule has 1 saturated heterocycles. The maximum Gasteiger partial charge on any atom is 0.418 e. The molecule has 4 aromatic rings. The van der Waals surface area contributed by atoms with Crippen LogP contribution in [0.4, 0.5) is 24.7 Å². The van der Waals surface area contributed by atoms with Crippen LogP contribution in [-0.4, -0.2) is 58.3 Å². The van der Waals surface area contributed by atoms with Gasteiger partial charge in [-0.15, -0.1) is 11.3 Å². The first-order valence-electron chi connectivity index (χ1n) is 12.4. The summed E-state index contributed by atoms with van der Waals surface area (Å²) in [7, 11) is -1.20. The highest BCUT2D eigenvalue weighted by Gasteiger charge is 2.46. The standard InChI is InChI=1S/C27H26F3N6OPS/c1-19-24-26(36(32-19)20-9-4-3-5-10-20)31-25(23-13-8-18-39-23)34(2)38(24,35-14-16-37-17-15-35)33-22-12-7-6-11-21(22)27(28,29)30/h3-13,18H,14-17H2,1-2H3/t38-/m0/s1. The quantitative estimate of drug-likeness (QED) is 0.259. The number of amidine groups is 1. The Kier molecular flexibility index (Phi) is 6.71. The Morgan fingerprint density at radius 1 is 0.974 bits per heavy atom. The summed E-state index contributed by atoms with van der Waals surface area (Å²) < 4.78 is 59.5. The van der Waals surface area contributed by atoms with Crippen molar-refractivity contribution in [3.63, 3.8) is 0 Å². The third-order valence-electron chi connectivity index (χ3n) is 6.82. The number of alkyl halides is 3. The van der Waals surface area contributed by atoms with Crippen LogP contribution in [0.1, 0.15) is 16.1 Å². The molecule has 4 heterocycles. The van der Waals surface area contributed by atoms with Gasteiger partial charge in [-0.05, 0) is 42.6 Å². The highest BCUT2D eigenvalue weighted by atomic mass is 32.1. The van der Waals surface area contributed by atoms with Crippen LogP contribution in [0.15, 0.2) is 81.8 Å². The number of benzene rings is 2. The van der Waals surface area contributed by atoms with Gasteiger partial charge in [0, 0.05) is 20.1 Å². The van der Waals surface area contributed by atoms with Crippen LogP contribution in [0.25, 0.3) is 5.69 Å². The molecule has 2 aromatic heterocycles. The number of morpholine rings is 1. The highest BCUT2D eigenvalue weighted by molar-refractivity contribution is 7.70. The van der Waals surface area contributed by atoms with Crippen molar-refractivity contribution >= 4 is 41.3 Å². The molecule has 0 unspecified atom stereocenters. The van der Waals surface area contributed by atoms with Gasteiger partial charge in [0.15, 0.2) is 19.0 Å². The Labute approximate surface area is 228 Å². The molecule has 0 radical (unpaired) electrons. The summed E-state index contributed by atoms with van der Waals surface area (Å²) in [6.45, 7) is 3.83. The van der Waals surface area contributed by atoms with E-state index in [1.165, 1.54) is 23.5 Å². The van der Waals surface area contributed by atoms with Crippen molar-refractivity contribution in [2.45, 2.75) is 13.1 Å². The fourth-order valence-electron chi connectivity index (χ4n) is 5.08. The van der Waals surface area contributed by atoms with Gasteiger partial charge in [0.2, 0.25) is 0 Å². The second kappa shape index (κ2) is 10.1. The third kappa shape index (κ3) is 4.43. The summed E-state index contributed by atoms with van der Waals surface area (Å²) in [5.74, 6) is 1.25. The molecule has 0 spiro atoms. The lowest BCUT2D eigenvalue weighted by Crippen LogP contribution is -2.45. The summed E-state index contributed by atoms with van der Waals surface area (Å²) in [5.41, 5.74) is 0.641. The zero-order chi connectivity index (χ0) is 27.2. The minimum atomic E-state index is -4.56. The number of ether oxygens (including phenoxy) is 1. The molecule has 0 bridgehead atoms. The molecular weight excluding hydrogens is 544 g/mol. The van der Waals surface area contributed by atoms with Crippen LogP contribution >= 0.6 is 18.7 Å². The van der Waals surface area contributed by atoms with Crippen LogP contribution in [0.2, 0.25) is 0 Å². The Balaban J connectivity index is 1.73. The largest absolute Gasteiger partial charge is 0.418 e. The summed E-state index contributed by atoms with van der Waals surface area (Å²) in [6, 6.07) is 19.1. The zero-order valence-electron chi connectivity index (χ0n) is 21.3. The molecule has 6 rings (SSSR count). The van der Waals surface area contributed by atoms with Crippen molar-refractivity contribution in [1.29, 1.82) is 0 Å². The number of aliphatic imine (C=N–C) groups is 1. The van der Waals surface area contributed by atoms with Crippen LogP contribution in [0.3, 0.4) is 0 Å². The number of aromatic nitrogens is 2. The van der Waals surface area contributed by atoms with E-state index in [2.05, 4.69) is 4.67 Å². The average Bonchev–Trinajstić information content (AvgIpc) is 3.59. The predicted octanol–water partition coefficient (Wildman–Crippen LogP) is 6.61. The van der Waals surface area contributed by atoms with E-state index in [4.69, 9.17) is 19.6 Å². The number of hydrogen-bond donors (Lipinski definition) is 0. The second-order valence-electron chi connectivity index (χ2n) is 9.19. The topological polar surface area (TPSA) is 58.3 Å². The molecule has 1 fully saturated rings. The van der Waals surface area contributed by atoms with E-state index >= 15 is 0 Å². The van der Waals surface area contributed by atoms with Crippen molar-refractivity contribution in [2.24, 2.45) is 9.74 Å². The SMILES string of the molecule is Cc1nn(-c2ccccc2)c2c1[P@@](=Nc1ccccc1C(F)(F)F)(N1CCOCC1)N(C)C(c1cccs1)=N2. The van der Waals surface area contributed by atoms with Gasteiger partial charge < -0.3 is 9.41 Å². The van der Waals surface area contributed by atoms with Gasteiger partial charge >= 0.3 is 6.18 Å². The average molecular weight is 571 g/mol. The van der Waals surface area contributed by atoms with Crippen molar-refractivity contribution in [3.8, 4) is 5.69 Å². The van der Waals surface area contributed by atoms with Gasteiger partial charge in [0.1, 0.15) is 0 Å². The van der Waals surface area contributed by atoms with Crippen LogP contribution in [0, 0.1) is 6.92 Å². The first kappa shape index (κ1) is 26.0. The van der Waals surface area contributed by atoms with Crippen LogP contribution in [-0.2, 0) is 10.9 Å². The second-order valence-corrected chi connectivity index (χ2v) is 13.1.